The SMILES string of the molecule is CCOC1(c2noc(C3C=CC(N)C3)n2)CCC(C)CC1. The summed E-state index contributed by atoms with van der Waals surface area (Å²) in [5.74, 6) is 2.30. The summed E-state index contributed by atoms with van der Waals surface area (Å²) in [6.07, 6.45) is 9.17. The highest BCUT2D eigenvalue weighted by Crippen LogP contribution is 2.41. The zero-order valence-electron chi connectivity index (χ0n) is 12.9. The number of hydrogen-bond donors (Lipinski definition) is 1. The Hall–Kier alpha value is -1.20. The van der Waals surface area contributed by atoms with Crippen LogP contribution in [0.4, 0.5) is 0 Å². The third-order valence-corrected chi connectivity index (χ3v) is 4.79. The molecule has 0 bridgehead atoms. The van der Waals surface area contributed by atoms with E-state index in [1.165, 1.54) is 0 Å². The number of rotatable bonds is 4. The second-order valence-electron chi connectivity index (χ2n) is 6.46. The molecule has 0 radical (unpaired) electrons. The van der Waals surface area contributed by atoms with E-state index >= 15 is 0 Å². The Morgan fingerprint density at radius 1 is 1.38 bits per heavy atom. The van der Waals surface area contributed by atoms with Crippen LogP contribution in [-0.4, -0.2) is 22.8 Å². The van der Waals surface area contributed by atoms with Gasteiger partial charge in [0.05, 0.1) is 5.92 Å². The van der Waals surface area contributed by atoms with Gasteiger partial charge in [0.1, 0.15) is 5.60 Å². The molecule has 2 aliphatic carbocycles. The molecular weight excluding hydrogens is 266 g/mol. The van der Waals surface area contributed by atoms with E-state index in [4.69, 9.17) is 15.0 Å². The number of aromatic nitrogens is 2. The molecule has 1 fully saturated rings. The molecule has 1 aromatic heterocycles. The van der Waals surface area contributed by atoms with Crippen molar-refractivity contribution in [1.29, 1.82) is 0 Å². The van der Waals surface area contributed by atoms with Crippen LogP contribution in [-0.2, 0) is 10.3 Å². The Morgan fingerprint density at radius 3 is 2.76 bits per heavy atom. The number of allylic oxidation sites excluding steroid dienone is 1. The maximum absolute atomic E-state index is 6.07. The van der Waals surface area contributed by atoms with Gasteiger partial charge in [0.2, 0.25) is 11.7 Å². The molecule has 0 aliphatic heterocycles. The molecule has 1 saturated carbocycles. The molecule has 116 valence electrons. The smallest absolute Gasteiger partial charge is 0.233 e. The largest absolute Gasteiger partial charge is 0.367 e. The van der Waals surface area contributed by atoms with Crippen LogP contribution in [0.5, 0.6) is 0 Å². The van der Waals surface area contributed by atoms with Crippen LogP contribution < -0.4 is 5.73 Å². The van der Waals surface area contributed by atoms with E-state index in [-0.39, 0.29) is 17.6 Å². The van der Waals surface area contributed by atoms with Gasteiger partial charge in [0, 0.05) is 12.6 Å². The van der Waals surface area contributed by atoms with Crippen molar-refractivity contribution < 1.29 is 9.26 Å². The van der Waals surface area contributed by atoms with Crippen molar-refractivity contribution in [3.8, 4) is 0 Å². The fourth-order valence-electron chi connectivity index (χ4n) is 3.42. The summed E-state index contributed by atoms with van der Waals surface area (Å²) < 4.78 is 11.6. The molecular formula is C16H25N3O2. The number of nitrogens with zero attached hydrogens (tertiary/aromatic N) is 2. The fraction of sp³-hybridized carbons (Fsp3) is 0.750. The first-order valence-electron chi connectivity index (χ1n) is 8.05. The van der Waals surface area contributed by atoms with E-state index in [0.717, 1.165) is 43.8 Å². The molecule has 2 aliphatic rings. The average molecular weight is 291 g/mol. The van der Waals surface area contributed by atoms with Gasteiger partial charge in [0.15, 0.2) is 0 Å². The van der Waals surface area contributed by atoms with E-state index in [1.54, 1.807) is 0 Å². The highest BCUT2D eigenvalue weighted by atomic mass is 16.5. The third kappa shape index (κ3) is 2.90. The lowest BCUT2D eigenvalue weighted by Gasteiger charge is -2.36. The fourth-order valence-corrected chi connectivity index (χ4v) is 3.42. The van der Waals surface area contributed by atoms with Crippen LogP contribution in [0.25, 0.3) is 0 Å². The van der Waals surface area contributed by atoms with Gasteiger partial charge >= 0.3 is 0 Å². The Kier molecular flexibility index (Phi) is 4.13. The Labute approximate surface area is 125 Å². The predicted octanol–water partition coefficient (Wildman–Crippen LogP) is 2.88. The molecule has 1 heterocycles. The van der Waals surface area contributed by atoms with Crippen molar-refractivity contribution in [2.24, 2.45) is 11.7 Å². The van der Waals surface area contributed by atoms with Crippen LogP contribution >= 0.6 is 0 Å². The quantitative estimate of drug-likeness (QED) is 0.863. The van der Waals surface area contributed by atoms with Crippen molar-refractivity contribution in [2.45, 2.75) is 63.5 Å². The zero-order valence-corrected chi connectivity index (χ0v) is 12.9. The van der Waals surface area contributed by atoms with Gasteiger partial charge in [-0.05, 0) is 44.9 Å². The first-order chi connectivity index (χ1) is 10.1. The van der Waals surface area contributed by atoms with Crippen LogP contribution in [0.3, 0.4) is 0 Å². The average Bonchev–Trinajstić information content (AvgIpc) is 3.11. The van der Waals surface area contributed by atoms with Crippen molar-refractivity contribution >= 4 is 0 Å². The topological polar surface area (TPSA) is 74.2 Å². The molecule has 1 aromatic rings. The summed E-state index contributed by atoms with van der Waals surface area (Å²) >= 11 is 0. The summed E-state index contributed by atoms with van der Waals surface area (Å²) in [5.41, 5.74) is 5.55. The molecule has 21 heavy (non-hydrogen) atoms. The summed E-state index contributed by atoms with van der Waals surface area (Å²) in [6, 6.07) is 0.0988. The van der Waals surface area contributed by atoms with Gasteiger partial charge in [-0.3, -0.25) is 0 Å². The first kappa shape index (κ1) is 14.7. The maximum atomic E-state index is 6.07. The summed E-state index contributed by atoms with van der Waals surface area (Å²) in [4.78, 5) is 4.66. The van der Waals surface area contributed by atoms with Gasteiger partial charge < -0.3 is 15.0 Å². The van der Waals surface area contributed by atoms with Crippen molar-refractivity contribution in [3.63, 3.8) is 0 Å². The normalized spacial score (nSPS) is 36.2. The van der Waals surface area contributed by atoms with E-state index in [2.05, 4.69) is 23.1 Å². The van der Waals surface area contributed by atoms with Gasteiger partial charge in [0.25, 0.3) is 0 Å². The Balaban J connectivity index is 1.80. The van der Waals surface area contributed by atoms with E-state index < -0.39 is 0 Å². The molecule has 3 rings (SSSR count). The van der Waals surface area contributed by atoms with Crippen LogP contribution in [0.1, 0.15) is 63.6 Å². The van der Waals surface area contributed by atoms with E-state index in [1.807, 2.05) is 13.0 Å². The molecule has 5 heteroatoms. The van der Waals surface area contributed by atoms with Crippen molar-refractivity contribution in [1.82, 2.24) is 10.1 Å². The zero-order chi connectivity index (χ0) is 14.9. The Bertz CT molecular complexity index is 503. The Morgan fingerprint density at radius 2 is 2.14 bits per heavy atom. The molecule has 5 nitrogen and oxygen atoms in total. The molecule has 0 amide bonds. The van der Waals surface area contributed by atoms with Gasteiger partial charge in [-0.15, -0.1) is 0 Å². The van der Waals surface area contributed by atoms with Crippen LogP contribution in [0, 0.1) is 5.92 Å². The highest BCUT2D eigenvalue weighted by molar-refractivity contribution is 5.16. The van der Waals surface area contributed by atoms with Crippen molar-refractivity contribution in [3.05, 3.63) is 23.9 Å². The number of hydrogen-bond acceptors (Lipinski definition) is 5. The van der Waals surface area contributed by atoms with Crippen LogP contribution in [0.15, 0.2) is 16.7 Å². The van der Waals surface area contributed by atoms with Gasteiger partial charge in [-0.2, -0.15) is 4.98 Å². The first-order valence-corrected chi connectivity index (χ1v) is 8.05. The second-order valence-corrected chi connectivity index (χ2v) is 6.46. The summed E-state index contributed by atoms with van der Waals surface area (Å²) in [6.45, 7) is 4.99. The lowest BCUT2D eigenvalue weighted by Crippen LogP contribution is -2.35. The number of nitrogens with two attached hydrogens (primary N) is 1. The number of ether oxygens (including phenoxy) is 1. The minimum Gasteiger partial charge on any atom is -0.367 e. The van der Waals surface area contributed by atoms with Crippen LogP contribution in [0.2, 0.25) is 0 Å². The van der Waals surface area contributed by atoms with Crippen molar-refractivity contribution in [2.75, 3.05) is 6.61 Å². The minimum atomic E-state index is -0.354. The van der Waals surface area contributed by atoms with E-state index in [0.29, 0.717) is 12.5 Å². The van der Waals surface area contributed by atoms with Gasteiger partial charge in [-0.25, -0.2) is 0 Å². The molecule has 2 N–H and O–H groups in total. The monoisotopic (exact) mass is 291 g/mol. The molecule has 2 atom stereocenters. The maximum Gasteiger partial charge on any atom is 0.233 e. The molecule has 0 spiro atoms. The second kappa shape index (κ2) is 5.89. The molecule has 2 unspecified atom stereocenters. The lowest BCUT2D eigenvalue weighted by molar-refractivity contribution is -0.0847. The molecule has 0 aromatic carbocycles. The van der Waals surface area contributed by atoms with E-state index in [9.17, 15) is 0 Å². The summed E-state index contributed by atoms with van der Waals surface area (Å²) in [7, 11) is 0. The van der Waals surface area contributed by atoms with Gasteiger partial charge in [-0.1, -0.05) is 24.2 Å². The highest BCUT2D eigenvalue weighted by Gasteiger charge is 2.41. The third-order valence-electron chi connectivity index (χ3n) is 4.79. The summed E-state index contributed by atoms with van der Waals surface area (Å²) in [5, 5.41) is 4.24. The lowest BCUT2D eigenvalue weighted by atomic mass is 9.79. The molecule has 0 saturated heterocycles. The standard InChI is InChI=1S/C16H25N3O2/c1-3-20-16(8-6-11(2)7-9-16)15-18-14(21-19-15)12-4-5-13(17)10-12/h4-5,11-13H,3,6-10,17H2,1-2H3. The predicted molar refractivity (Wildman–Crippen MR) is 79.7 cm³/mol. The minimum absolute atomic E-state index is 0.0988.